The average Bonchev–Trinajstić information content (AvgIpc) is 3.03. The minimum absolute atomic E-state index is 0.0288. The highest BCUT2D eigenvalue weighted by atomic mass is 35.5. The van der Waals surface area contributed by atoms with Gasteiger partial charge in [0.1, 0.15) is 12.7 Å². The molecule has 3 heterocycles. The van der Waals surface area contributed by atoms with Gasteiger partial charge in [0.2, 0.25) is 0 Å². The van der Waals surface area contributed by atoms with Crippen molar-refractivity contribution in [3.05, 3.63) is 58.0 Å². The molecule has 2 aliphatic heterocycles. The Bertz CT molecular complexity index is 1050. The number of H-pyrrole nitrogens is 1. The number of nitrogens with zero attached hydrogens (tertiary/aromatic N) is 2. The van der Waals surface area contributed by atoms with Crippen molar-refractivity contribution in [1.82, 2.24) is 14.5 Å². The molecule has 1 N–H and O–H groups in total. The van der Waals surface area contributed by atoms with Crippen LogP contribution in [0.5, 0.6) is 11.5 Å². The van der Waals surface area contributed by atoms with E-state index >= 15 is 0 Å². The average molecular weight is 400 g/mol. The molecule has 1 aromatic heterocycles. The second-order valence-corrected chi connectivity index (χ2v) is 7.93. The first-order chi connectivity index (χ1) is 13.7. The number of benzene rings is 2. The third-order valence-electron chi connectivity index (χ3n) is 5.63. The molecular formula is C21H22ClN3O3. The summed E-state index contributed by atoms with van der Waals surface area (Å²) in [6.45, 7) is 3.24. The number of halogens is 1. The first-order valence-electron chi connectivity index (χ1n) is 9.68. The summed E-state index contributed by atoms with van der Waals surface area (Å²) in [5.74, 6) is 1.63. The number of fused-ring (bicyclic) bond motifs is 2. The van der Waals surface area contributed by atoms with Gasteiger partial charge in [-0.05, 0) is 43.2 Å². The summed E-state index contributed by atoms with van der Waals surface area (Å²) in [6, 6.07) is 13.5. The molecule has 0 amide bonds. The number of imidazole rings is 1. The molecular weight excluding hydrogens is 378 g/mol. The van der Waals surface area contributed by atoms with Crippen LogP contribution >= 0.6 is 11.6 Å². The maximum absolute atomic E-state index is 12.5. The molecule has 5 rings (SSSR count). The van der Waals surface area contributed by atoms with Crippen molar-refractivity contribution in [2.75, 3.05) is 26.2 Å². The largest absolute Gasteiger partial charge is 0.486 e. The van der Waals surface area contributed by atoms with Crippen molar-refractivity contribution in [3.8, 4) is 11.5 Å². The number of rotatable bonds is 3. The minimum atomic E-state index is -0.0589. The van der Waals surface area contributed by atoms with E-state index in [2.05, 4.69) is 9.88 Å². The molecule has 2 aromatic carbocycles. The van der Waals surface area contributed by atoms with Gasteiger partial charge in [0.05, 0.1) is 11.0 Å². The smallest absolute Gasteiger partial charge is 0.326 e. The second-order valence-electron chi connectivity index (χ2n) is 7.49. The number of likely N-dealkylation sites (tertiary alicyclic amines) is 1. The van der Waals surface area contributed by atoms with Crippen molar-refractivity contribution in [3.63, 3.8) is 0 Å². The third-order valence-corrected chi connectivity index (χ3v) is 5.87. The normalized spacial score (nSPS) is 20.5. The standard InChI is InChI=1S/C21H22ClN3O3/c22-14-5-6-17-18(11-14)25(21(26)23-17)15-7-9-24(10-8-15)12-16-13-27-19-3-1-2-4-20(19)28-16/h1-6,11,15-16H,7-10,12-13H2,(H,23,26). The monoisotopic (exact) mass is 399 g/mol. The molecule has 2 aliphatic rings. The summed E-state index contributed by atoms with van der Waals surface area (Å²) in [4.78, 5) is 17.8. The zero-order valence-corrected chi connectivity index (χ0v) is 16.2. The van der Waals surface area contributed by atoms with Crippen molar-refractivity contribution in [1.29, 1.82) is 0 Å². The molecule has 0 saturated carbocycles. The molecule has 1 saturated heterocycles. The summed E-state index contributed by atoms with van der Waals surface area (Å²) in [7, 11) is 0. The van der Waals surface area contributed by atoms with Crippen LogP contribution in [-0.2, 0) is 0 Å². The van der Waals surface area contributed by atoms with E-state index < -0.39 is 0 Å². The Hall–Kier alpha value is -2.44. The van der Waals surface area contributed by atoms with Crippen LogP contribution in [0, 0.1) is 0 Å². The Labute approximate surface area is 167 Å². The number of hydrogen-bond acceptors (Lipinski definition) is 4. The lowest BCUT2D eigenvalue weighted by Crippen LogP contribution is -2.45. The quantitative estimate of drug-likeness (QED) is 0.732. The molecule has 0 bridgehead atoms. The van der Waals surface area contributed by atoms with Crippen molar-refractivity contribution >= 4 is 22.6 Å². The van der Waals surface area contributed by atoms with Gasteiger partial charge in [-0.1, -0.05) is 23.7 Å². The maximum Gasteiger partial charge on any atom is 0.326 e. The molecule has 0 aliphatic carbocycles. The first kappa shape index (κ1) is 17.6. The number of ether oxygens (including phenoxy) is 2. The Morgan fingerprint density at radius 1 is 1.11 bits per heavy atom. The minimum Gasteiger partial charge on any atom is -0.486 e. The van der Waals surface area contributed by atoms with Crippen molar-refractivity contribution < 1.29 is 9.47 Å². The molecule has 7 heteroatoms. The summed E-state index contributed by atoms with van der Waals surface area (Å²) < 4.78 is 13.8. The summed E-state index contributed by atoms with van der Waals surface area (Å²) in [6.07, 6.45) is 1.87. The van der Waals surface area contributed by atoms with Crippen LogP contribution < -0.4 is 15.2 Å². The molecule has 0 spiro atoms. The van der Waals surface area contributed by atoms with E-state index in [0.29, 0.717) is 11.6 Å². The van der Waals surface area contributed by atoms with Crippen LogP contribution in [0.25, 0.3) is 11.0 Å². The zero-order chi connectivity index (χ0) is 19.1. The maximum atomic E-state index is 12.5. The van der Waals surface area contributed by atoms with E-state index in [1.807, 2.05) is 41.0 Å². The predicted octanol–water partition coefficient (Wildman–Crippen LogP) is 3.46. The lowest BCUT2D eigenvalue weighted by atomic mass is 10.0. The highest BCUT2D eigenvalue weighted by molar-refractivity contribution is 6.31. The highest BCUT2D eigenvalue weighted by Gasteiger charge is 2.28. The van der Waals surface area contributed by atoms with Gasteiger partial charge in [-0.25, -0.2) is 4.79 Å². The van der Waals surface area contributed by atoms with E-state index in [9.17, 15) is 4.79 Å². The van der Waals surface area contributed by atoms with E-state index in [4.69, 9.17) is 21.1 Å². The van der Waals surface area contributed by atoms with Crippen LogP contribution in [-0.4, -0.2) is 46.8 Å². The van der Waals surface area contributed by atoms with E-state index in [0.717, 1.165) is 55.0 Å². The molecule has 6 nitrogen and oxygen atoms in total. The molecule has 1 atom stereocenters. The van der Waals surface area contributed by atoms with Gasteiger partial charge in [0.25, 0.3) is 0 Å². The molecule has 0 radical (unpaired) electrons. The van der Waals surface area contributed by atoms with Gasteiger partial charge >= 0.3 is 5.69 Å². The van der Waals surface area contributed by atoms with Gasteiger partial charge in [-0.3, -0.25) is 9.47 Å². The molecule has 146 valence electrons. The molecule has 1 fully saturated rings. The Morgan fingerprint density at radius 3 is 2.71 bits per heavy atom. The Kier molecular flexibility index (Phi) is 4.53. The van der Waals surface area contributed by atoms with Crippen LogP contribution in [0.15, 0.2) is 47.3 Å². The van der Waals surface area contributed by atoms with Crippen LogP contribution in [0.1, 0.15) is 18.9 Å². The first-order valence-corrected chi connectivity index (χ1v) is 10.1. The van der Waals surface area contributed by atoms with Crippen molar-refractivity contribution in [2.24, 2.45) is 0 Å². The van der Waals surface area contributed by atoms with Crippen LogP contribution in [0.4, 0.5) is 0 Å². The fraction of sp³-hybridized carbons (Fsp3) is 0.381. The van der Waals surface area contributed by atoms with E-state index in [-0.39, 0.29) is 17.8 Å². The number of nitrogens with one attached hydrogen (secondary N) is 1. The number of aromatic nitrogens is 2. The van der Waals surface area contributed by atoms with Gasteiger partial charge in [-0.2, -0.15) is 0 Å². The van der Waals surface area contributed by atoms with Gasteiger partial charge in [0, 0.05) is 30.7 Å². The zero-order valence-electron chi connectivity index (χ0n) is 15.4. The molecule has 1 unspecified atom stereocenters. The van der Waals surface area contributed by atoms with E-state index in [1.165, 1.54) is 0 Å². The topological polar surface area (TPSA) is 59.5 Å². The summed E-state index contributed by atoms with van der Waals surface area (Å²) in [5.41, 5.74) is 1.66. The fourth-order valence-electron chi connectivity index (χ4n) is 4.26. The number of para-hydroxylation sites is 2. The third kappa shape index (κ3) is 3.27. The lowest BCUT2D eigenvalue weighted by Gasteiger charge is -2.36. The number of aromatic amines is 1. The molecule has 28 heavy (non-hydrogen) atoms. The summed E-state index contributed by atoms with van der Waals surface area (Å²) >= 11 is 6.14. The Balaban J connectivity index is 1.25. The van der Waals surface area contributed by atoms with Gasteiger partial charge in [-0.15, -0.1) is 0 Å². The number of piperidine rings is 1. The van der Waals surface area contributed by atoms with Crippen molar-refractivity contribution in [2.45, 2.75) is 25.0 Å². The summed E-state index contributed by atoms with van der Waals surface area (Å²) in [5, 5.41) is 0.646. The van der Waals surface area contributed by atoms with Gasteiger partial charge < -0.3 is 14.5 Å². The highest BCUT2D eigenvalue weighted by Crippen LogP contribution is 2.32. The number of hydrogen-bond donors (Lipinski definition) is 1. The van der Waals surface area contributed by atoms with Crippen LogP contribution in [0.3, 0.4) is 0 Å². The fourth-order valence-corrected chi connectivity index (χ4v) is 4.42. The van der Waals surface area contributed by atoms with Gasteiger partial charge in [0.15, 0.2) is 11.5 Å². The second kappa shape index (κ2) is 7.18. The predicted molar refractivity (Wildman–Crippen MR) is 109 cm³/mol. The van der Waals surface area contributed by atoms with E-state index in [1.54, 1.807) is 6.07 Å². The molecule has 3 aromatic rings. The lowest BCUT2D eigenvalue weighted by molar-refractivity contribution is 0.0485. The van der Waals surface area contributed by atoms with Crippen LogP contribution in [0.2, 0.25) is 5.02 Å². The Morgan fingerprint density at radius 2 is 1.89 bits per heavy atom. The SMILES string of the molecule is O=c1[nH]c2ccc(Cl)cc2n1C1CCN(CC2COc3ccccc3O2)CC1.